The molecule has 0 spiro atoms. The van der Waals surface area contributed by atoms with Crippen molar-refractivity contribution in [2.24, 2.45) is 0 Å². The van der Waals surface area contributed by atoms with E-state index in [1.54, 1.807) is 16.8 Å². The Bertz CT molecular complexity index is 726. The van der Waals surface area contributed by atoms with Crippen LogP contribution in [0.2, 0.25) is 0 Å². The maximum absolute atomic E-state index is 12.2. The van der Waals surface area contributed by atoms with Crippen LogP contribution in [0.1, 0.15) is 50.3 Å². The van der Waals surface area contributed by atoms with Crippen molar-refractivity contribution < 1.29 is 13.2 Å². The fourth-order valence-corrected chi connectivity index (χ4v) is 5.05. The fraction of sp³-hybridized carbons (Fsp3) is 0.625. The van der Waals surface area contributed by atoms with Crippen LogP contribution in [-0.4, -0.2) is 35.6 Å². The minimum Gasteiger partial charge on any atom is -0.307 e. The second-order valence-electron chi connectivity index (χ2n) is 6.52. The average Bonchev–Trinajstić information content (AvgIpc) is 3.02. The van der Waals surface area contributed by atoms with Crippen LogP contribution in [0.3, 0.4) is 0 Å². The number of rotatable bonds is 3. The zero-order chi connectivity index (χ0) is 16.4. The van der Waals surface area contributed by atoms with Gasteiger partial charge in [0.2, 0.25) is 5.91 Å². The van der Waals surface area contributed by atoms with E-state index in [4.69, 9.17) is 0 Å². The Morgan fingerprint density at radius 2 is 2.09 bits per heavy atom. The summed E-state index contributed by atoms with van der Waals surface area (Å²) in [4.78, 5) is 12.2. The first-order valence-corrected chi connectivity index (χ1v) is 10.0. The molecule has 2 fully saturated rings. The van der Waals surface area contributed by atoms with Gasteiger partial charge in [0.25, 0.3) is 0 Å². The summed E-state index contributed by atoms with van der Waals surface area (Å²) in [6.07, 6.45) is 7.76. The second-order valence-corrected chi connectivity index (χ2v) is 8.75. The van der Waals surface area contributed by atoms with Crippen molar-refractivity contribution in [1.82, 2.24) is 9.78 Å². The molecule has 0 unspecified atom stereocenters. The largest absolute Gasteiger partial charge is 0.307 e. The molecule has 1 aliphatic carbocycles. The summed E-state index contributed by atoms with van der Waals surface area (Å²) in [5, 5.41) is 7.25. The van der Waals surface area contributed by atoms with Gasteiger partial charge in [-0.25, -0.2) is 13.1 Å². The third kappa shape index (κ3) is 4.02. The summed E-state index contributed by atoms with van der Waals surface area (Å²) in [5.74, 6) is 0.720. The highest BCUT2D eigenvalue weighted by Gasteiger charge is 2.31. The van der Waals surface area contributed by atoms with E-state index in [1.165, 1.54) is 12.0 Å². The van der Waals surface area contributed by atoms with Gasteiger partial charge in [0.05, 0.1) is 23.2 Å². The second kappa shape index (κ2) is 6.47. The molecule has 1 aromatic rings. The van der Waals surface area contributed by atoms with Crippen molar-refractivity contribution in [3.8, 4) is 0 Å². The smallest absolute Gasteiger partial charge is 0.249 e. The van der Waals surface area contributed by atoms with Crippen molar-refractivity contribution in [3.05, 3.63) is 23.4 Å². The van der Waals surface area contributed by atoms with Gasteiger partial charge in [0.1, 0.15) is 5.82 Å². The molecule has 3 rings (SSSR count). The lowest BCUT2D eigenvalue weighted by molar-refractivity contribution is -0.112. The van der Waals surface area contributed by atoms with Crippen molar-refractivity contribution in [2.75, 3.05) is 16.8 Å². The summed E-state index contributed by atoms with van der Waals surface area (Å²) < 4.78 is 25.0. The Morgan fingerprint density at radius 3 is 2.74 bits per heavy atom. The monoisotopic (exact) mass is 337 g/mol. The van der Waals surface area contributed by atoms with Gasteiger partial charge in [0.15, 0.2) is 9.84 Å². The Hall–Kier alpha value is -1.63. The molecule has 1 atom stereocenters. The van der Waals surface area contributed by atoms with Crippen LogP contribution in [0.25, 0.3) is 0 Å². The standard InChI is InChI=1S/C16H23N3O3S/c1-12-9-15(17-16(20)10-13-5-3-2-4-6-13)19(18-12)14-7-8-23(21,22)11-14/h9-10,14H,2-8,11H2,1H3,(H,17,20)/t14-/m1/s1. The van der Waals surface area contributed by atoms with E-state index in [2.05, 4.69) is 10.4 Å². The average molecular weight is 337 g/mol. The number of nitrogens with zero attached hydrogens (tertiary/aromatic N) is 2. The number of anilines is 1. The van der Waals surface area contributed by atoms with Crippen LogP contribution in [-0.2, 0) is 14.6 Å². The predicted octanol–water partition coefficient (Wildman–Crippen LogP) is 2.38. The number of sulfone groups is 1. The maximum Gasteiger partial charge on any atom is 0.249 e. The number of allylic oxidation sites excluding steroid dienone is 1. The Kier molecular flexibility index (Phi) is 4.57. The molecule has 7 heteroatoms. The molecule has 0 bridgehead atoms. The fourth-order valence-electron chi connectivity index (χ4n) is 3.35. The van der Waals surface area contributed by atoms with Gasteiger partial charge in [-0.05, 0) is 39.0 Å². The number of amides is 1. The summed E-state index contributed by atoms with van der Waals surface area (Å²) in [7, 11) is -2.99. The molecular formula is C16H23N3O3S. The first-order valence-electron chi connectivity index (χ1n) is 8.20. The quantitative estimate of drug-likeness (QED) is 0.859. The van der Waals surface area contributed by atoms with Crippen LogP contribution >= 0.6 is 0 Å². The van der Waals surface area contributed by atoms with E-state index >= 15 is 0 Å². The number of aryl methyl sites for hydroxylation is 1. The van der Waals surface area contributed by atoms with Gasteiger partial charge in [-0.15, -0.1) is 0 Å². The Morgan fingerprint density at radius 1 is 1.35 bits per heavy atom. The normalized spacial score (nSPS) is 23.7. The third-order valence-electron chi connectivity index (χ3n) is 4.49. The number of hydrogen-bond acceptors (Lipinski definition) is 4. The van der Waals surface area contributed by atoms with Gasteiger partial charge in [-0.1, -0.05) is 12.0 Å². The molecule has 0 aromatic carbocycles. The molecule has 2 aliphatic rings. The summed E-state index contributed by atoms with van der Waals surface area (Å²) >= 11 is 0. The molecule has 1 aliphatic heterocycles. The molecule has 1 N–H and O–H groups in total. The molecule has 0 radical (unpaired) electrons. The van der Waals surface area contributed by atoms with Crippen LogP contribution in [0, 0.1) is 6.92 Å². The van der Waals surface area contributed by atoms with Gasteiger partial charge in [-0.2, -0.15) is 5.10 Å². The Labute approximate surface area is 136 Å². The van der Waals surface area contributed by atoms with Crippen LogP contribution in [0.5, 0.6) is 0 Å². The zero-order valence-corrected chi connectivity index (χ0v) is 14.2. The maximum atomic E-state index is 12.2. The number of hydrogen-bond donors (Lipinski definition) is 1. The number of nitrogens with one attached hydrogen (secondary N) is 1. The van der Waals surface area contributed by atoms with E-state index in [-0.39, 0.29) is 23.5 Å². The molecule has 2 heterocycles. The zero-order valence-electron chi connectivity index (χ0n) is 13.4. The number of carbonyl (C=O) groups is 1. The molecular weight excluding hydrogens is 314 g/mol. The third-order valence-corrected chi connectivity index (χ3v) is 6.24. The highest BCUT2D eigenvalue weighted by atomic mass is 32.2. The van der Waals surface area contributed by atoms with Gasteiger partial charge >= 0.3 is 0 Å². The first kappa shape index (κ1) is 16.2. The minimum absolute atomic E-state index is 0.0953. The molecule has 126 valence electrons. The summed E-state index contributed by atoms with van der Waals surface area (Å²) in [5.41, 5.74) is 1.97. The Balaban J connectivity index is 1.74. The molecule has 6 nitrogen and oxygen atoms in total. The molecule has 1 saturated heterocycles. The SMILES string of the molecule is Cc1cc(NC(=O)C=C2CCCCC2)n([C@@H]2CCS(=O)(=O)C2)n1. The first-order chi connectivity index (χ1) is 10.9. The predicted molar refractivity (Wildman–Crippen MR) is 89.1 cm³/mol. The van der Waals surface area contributed by atoms with Crippen molar-refractivity contribution in [2.45, 2.75) is 51.5 Å². The molecule has 1 saturated carbocycles. The van der Waals surface area contributed by atoms with Gasteiger partial charge < -0.3 is 5.32 Å². The highest BCUT2D eigenvalue weighted by Crippen LogP contribution is 2.27. The van der Waals surface area contributed by atoms with Gasteiger partial charge in [-0.3, -0.25) is 4.79 Å². The van der Waals surface area contributed by atoms with E-state index < -0.39 is 9.84 Å². The number of aromatic nitrogens is 2. The van der Waals surface area contributed by atoms with Crippen LogP contribution in [0.4, 0.5) is 5.82 Å². The lowest BCUT2D eigenvalue weighted by Crippen LogP contribution is -2.18. The topological polar surface area (TPSA) is 81.1 Å². The van der Waals surface area contributed by atoms with Crippen molar-refractivity contribution in [3.63, 3.8) is 0 Å². The van der Waals surface area contributed by atoms with E-state index in [9.17, 15) is 13.2 Å². The molecule has 23 heavy (non-hydrogen) atoms. The van der Waals surface area contributed by atoms with Crippen LogP contribution < -0.4 is 5.32 Å². The minimum atomic E-state index is -2.99. The van der Waals surface area contributed by atoms with E-state index in [1.807, 2.05) is 6.92 Å². The summed E-state index contributed by atoms with van der Waals surface area (Å²) in [6.45, 7) is 1.84. The molecule has 1 aromatic heterocycles. The van der Waals surface area contributed by atoms with E-state index in [0.29, 0.717) is 12.2 Å². The lowest BCUT2D eigenvalue weighted by Gasteiger charge is -2.15. The molecule has 1 amide bonds. The van der Waals surface area contributed by atoms with Gasteiger partial charge in [0, 0.05) is 12.1 Å². The van der Waals surface area contributed by atoms with E-state index in [0.717, 1.165) is 31.4 Å². The van der Waals surface area contributed by atoms with Crippen molar-refractivity contribution in [1.29, 1.82) is 0 Å². The highest BCUT2D eigenvalue weighted by molar-refractivity contribution is 7.91. The van der Waals surface area contributed by atoms with Crippen molar-refractivity contribution >= 4 is 21.6 Å². The lowest BCUT2D eigenvalue weighted by atomic mass is 9.95. The van der Waals surface area contributed by atoms with Crippen LogP contribution in [0.15, 0.2) is 17.7 Å². The summed E-state index contributed by atoms with van der Waals surface area (Å²) in [6, 6.07) is 1.61. The number of carbonyl (C=O) groups excluding carboxylic acids is 1.